The van der Waals surface area contributed by atoms with Gasteiger partial charge in [-0.1, -0.05) is 6.92 Å². The third-order valence-corrected chi connectivity index (χ3v) is 1.91. The maximum atomic E-state index is 12.6. The lowest BCUT2D eigenvalue weighted by molar-refractivity contribution is -0.117. The van der Waals surface area contributed by atoms with E-state index in [-0.39, 0.29) is 5.82 Å². The van der Waals surface area contributed by atoms with Crippen LogP contribution in [-0.2, 0) is 6.42 Å². The molecule has 0 aliphatic carbocycles. The van der Waals surface area contributed by atoms with Crippen molar-refractivity contribution in [3.05, 3.63) is 18.1 Å². The first-order chi connectivity index (χ1) is 7.45. The summed E-state index contributed by atoms with van der Waals surface area (Å²) in [6.07, 6.45) is -1.88. The second-order valence-corrected chi connectivity index (χ2v) is 3.16. The van der Waals surface area contributed by atoms with Gasteiger partial charge in [0.2, 0.25) is 0 Å². The molecule has 7 heteroatoms. The van der Waals surface area contributed by atoms with Crippen molar-refractivity contribution >= 4 is 5.82 Å². The van der Waals surface area contributed by atoms with E-state index >= 15 is 0 Å². The number of aryl methyl sites for hydroxylation is 1. The van der Waals surface area contributed by atoms with Crippen molar-refractivity contribution in [3.63, 3.8) is 0 Å². The van der Waals surface area contributed by atoms with E-state index < -0.39 is 18.9 Å². The van der Waals surface area contributed by atoms with Crippen LogP contribution in [0.2, 0.25) is 0 Å². The first-order valence-electron chi connectivity index (χ1n) is 4.66. The van der Waals surface area contributed by atoms with Gasteiger partial charge in [-0.15, -0.1) is 0 Å². The zero-order valence-corrected chi connectivity index (χ0v) is 8.55. The van der Waals surface area contributed by atoms with Crippen molar-refractivity contribution in [2.75, 3.05) is 11.9 Å². The number of rotatable bonds is 5. The van der Waals surface area contributed by atoms with Crippen molar-refractivity contribution in [1.29, 1.82) is 0 Å². The van der Waals surface area contributed by atoms with Gasteiger partial charge in [0, 0.05) is 11.8 Å². The standard InChI is InChI=1S/C9H11F4N3/c1-2-6-3-7(16-5-15-6)14-4-9(12,13)8(10)11/h3,5,8H,2,4H2,1H3,(H,14,15,16). The van der Waals surface area contributed by atoms with Gasteiger partial charge in [0.25, 0.3) is 0 Å². The van der Waals surface area contributed by atoms with E-state index in [0.29, 0.717) is 12.1 Å². The molecule has 0 aromatic carbocycles. The lowest BCUT2D eigenvalue weighted by Gasteiger charge is -2.16. The van der Waals surface area contributed by atoms with E-state index in [1.807, 2.05) is 6.92 Å². The minimum absolute atomic E-state index is 0.118. The quantitative estimate of drug-likeness (QED) is 0.799. The van der Waals surface area contributed by atoms with Crippen LogP contribution < -0.4 is 5.32 Å². The summed E-state index contributed by atoms with van der Waals surface area (Å²) in [6.45, 7) is 0.685. The summed E-state index contributed by atoms with van der Waals surface area (Å²) < 4.78 is 48.8. The minimum atomic E-state index is -4.06. The summed E-state index contributed by atoms with van der Waals surface area (Å²) in [4.78, 5) is 7.50. The Bertz CT molecular complexity index is 343. The fourth-order valence-electron chi connectivity index (χ4n) is 0.973. The van der Waals surface area contributed by atoms with E-state index in [4.69, 9.17) is 0 Å². The summed E-state index contributed by atoms with van der Waals surface area (Å²) in [5.41, 5.74) is 0.651. The molecule has 0 radical (unpaired) electrons. The van der Waals surface area contributed by atoms with Gasteiger partial charge in [-0.05, 0) is 6.42 Å². The smallest absolute Gasteiger partial charge is 0.324 e. The molecule has 0 atom stereocenters. The Kier molecular flexibility index (Phi) is 4.03. The number of halogens is 4. The summed E-state index contributed by atoms with van der Waals surface area (Å²) in [6, 6.07) is 1.45. The van der Waals surface area contributed by atoms with Crippen LogP contribution in [0.1, 0.15) is 12.6 Å². The molecular formula is C9H11F4N3. The van der Waals surface area contributed by atoms with Gasteiger partial charge < -0.3 is 5.32 Å². The third-order valence-electron chi connectivity index (χ3n) is 1.91. The maximum absolute atomic E-state index is 12.6. The van der Waals surface area contributed by atoms with Gasteiger partial charge in [-0.2, -0.15) is 8.78 Å². The Hall–Kier alpha value is -1.40. The molecule has 0 saturated heterocycles. The average Bonchev–Trinajstić information content (AvgIpc) is 2.26. The minimum Gasteiger partial charge on any atom is -0.364 e. The fourth-order valence-corrected chi connectivity index (χ4v) is 0.973. The molecule has 0 amide bonds. The van der Waals surface area contributed by atoms with Crippen molar-refractivity contribution in [1.82, 2.24) is 9.97 Å². The predicted octanol–water partition coefficient (Wildman–Crippen LogP) is 2.35. The van der Waals surface area contributed by atoms with Gasteiger partial charge in [0.15, 0.2) is 0 Å². The first-order valence-corrected chi connectivity index (χ1v) is 4.66. The summed E-state index contributed by atoms with van der Waals surface area (Å²) in [7, 11) is 0. The van der Waals surface area contributed by atoms with E-state index in [1.54, 1.807) is 0 Å². The third kappa shape index (κ3) is 3.32. The van der Waals surface area contributed by atoms with Crippen LogP contribution >= 0.6 is 0 Å². The van der Waals surface area contributed by atoms with Crippen LogP contribution in [0.25, 0.3) is 0 Å². The molecule has 16 heavy (non-hydrogen) atoms. The molecule has 1 N–H and O–H groups in total. The lowest BCUT2D eigenvalue weighted by atomic mass is 10.3. The lowest BCUT2D eigenvalue weighted by Crippen LogP contribution is -2.35. The monoisotopic (exact) mass is 237 g/mol. The Balaban J connectivity index is 2.60. The van der Waals surface area contributed by atoms with Crippen LogP contribution in [-0.4, -0.2) is 28.9 Å². The second kappa shape index (κ2) is 5.09. The average molecular weight is 237 g/mol. The Morgan fingerprint density at radius 1 is 1.38 bits per heavy atom. The molecule has 0 unspecified atom stereocenters. The first kappa shape index (κ1) is 12.7. The van der Waals surface area contributed by atoms with Gasteiger partial charge in [0.05, 0.1) is 6.54 Å². The van der Waals surface area contributed by atoms with Gasteiger partial charge in [-0.25, -0.2) is 18.7 Å². The number of nitrogens with one attached hydrogen (secondary N) is 1. The Morgan fingerprint density at radius 2 is 2.06 bits per heavy atom. The molecule has 3 nitrogen and oxygen atoms in total. The molecule has 0 spiro atoms. The Morgan fingerprint density at radius 3 is 2.62 bits per heavy atom. The number of hydrogen-bond acceptors (Lipinski definition) is 3. The van der Waals surface area contributed by atoms with Crippen molar-refractivity contribution in [2.24, 2.45) is 0 Å². The topological polar surface area (TPSA) is 37.8 Å². The molecule has 1 heterocycles. The van der Waals surface area contributed by atoms with Crippen LogP contribution in [0.4, 0.5) is 23.4 Å². The molecular weight excluding hydrogens is 226 g/mol. The number of aromatic nitrogens is 2. The van der Waals surface area contributed by atoms with Gasteiger partial charge in [-0.3, -0.25) is 0 Å². The highest BCUT2D eigenvalue weighted by molar-refractivity contribution is 5.35. The molecule has 90 valence electrons. The van der Waals surface area contributed by atoms with Crippen LogP contribution in [0, 0.1) is 0 Å². The molecule has 1 aromatic heterocycles. The van der Waals surface area contributed by atoms with Crippen molar-refractivity contribution in [2.45, 2.75) is 25.7 Å². The predicted molar refractivity (Wildman–Crippen MR) is 50.9 cm³/mol. The summed E-state index contributed by atoms with van der Waals surface area (Å²) >= 11 is 0. The van der Waals surface area contributed by atoms with Crippen molar-refractivity contribution in [3.8, 4) is 0 Å². The van der Waals surface area contributed by atoms with Crippen LogP contribution in [0.15, 0.2) is 12.4 Å². The highest BCUT2D eigenvalue weighted by Crippen LogP contribution is 2.22. The Labute approximate surface area is 89.9 Å². The molecule has 0 aliphatic heterocycles. The van der Waals surface area contributed by atoms with E-state index in [2.05, 4.69) is 15.3 Å². The normalized spacial score (nSPS) is 11.9. The molecule has 0 fully saturated rings. The molecule has 0 bridgehead atoms. The molecule has 0 aliphatic rings. The number of anilines is 1. The maximum Gasteiger partial charge on any atom is 0.324 e. The molecule has 1 aromatic rings. The van der Waals surface area contributed by atoms with Crippen molar-refractivity contribution < 1.29 is 17.6 Å². The summed E-state index contributed by atoms with van der Waals surface area (Å²) in [5.74, 6) is -3.94. The zero-order valence-electron chi connectivity index (χ0n) is 8.55. The largest absolute Gasteiger partial charge is 0.364 e. The number of hydrogen-bond donors (Lipinski definition) is 1. The zero-order chi connectivity index (χ0) is 12.2. The van der Waals surface area contributed by atoms with Gasteiger partial charge >= 0.3 is 12.3 Å². The van der Waals surface area contributed by atoms with Crippen LogP contribution in [0.3, 0.4) is 0 Å². The van der Waals surface area contributed by atoms with E-state index in [9.17, 15) is 17.6 Å². The SMILES string of the molecule is CCc1cc(NCC(F)(F)C(F)F)ncn1. The van der Waals surface area contributed by atoms with Crippen LogP contribution in [0.5, 0.6) is 0 Å². The second-order valence-electron chi connectivity index (χ2n) is 3.16. The van der Waals surface area contributed by atoms with E-state index in [1.165, 1.54) is 12.4 Å². The summed E-state index contributed by atoms with van der Waals surface area (Å²) in [5, 5.41) is 2.16. The fraction of sp³-hybridized carbons (Fsp3) is 0.556. The number of alkyl halides is 4. The van der Waals surface area contributed by atoms with E-state index in [0.717, 1.165) is 0 Å². The van der Waals surface area contributed by atoms with Gasteiger partial charge in [0.1, 0.15) is 12.1 Å². The number of nitrogens with zero attached hydrogens (tertiary/aromatic N) is 2. The highest BCUT2D eigenvalue weighted by atomic mass is 19.3. The molecule has 1 rings (SSSR count). The highest BCUT2D eigenvalue weighted by Gasteiger charge is 2.40. The molecule has 0 saturated carbocycles.